The number of aliphatic hydroxyl groups is 1. The summed E-state index contributed by atoms with van der Waals surface area (Å²) in [6.07, 6.45) is 0.428. The topological polar surface area (TPSA) is 90.7 Å². The first-order valence-corrected chi connectivity index (χ1v) is 8.69. The molecule has 3 rings (SSSR count). The lowest BCUT2D eigenvalue weighted by Gasteiger charge is -2.34. The van der Waals surface area contributed by atoms with Gasteiger partial charge in [0.15, 0.2) is 5.60 Å². The Bertz CT molecular complexity index is 799. The molecule has 1 aliphatic rings. The van der Waals surface area contributed by atoms with Crippen molar-refractivity contribution in [3.8, 4) is 0 Å². The summed E-state index contributed by atoms with van der Waals surface area (Å²) in [5, 5.41) is 21.3. The van der Waals surface area contributed by atoms with E-state index in [1.807, 2.05) is 0 Å². The minimum absolute atomic E-state index is 0.00560. The number of aromatic nitrogens is 1. The maximum atomic E-state index is 13.2. The molecule has 0 saturated carbocycles. The number of carboxylic acid groups (broad SMARTS) is 1. The van der Waals surface area contributed by atoms with Gasteiger partial charge in [-0.25, -0.2) is 14.2 Å². The second-order valence-corrected chi connectivity index (χ2v) is 7.00. The van der Waals surface area contributed by atoms with Gasteiger partial charge in [0.05, 0.1) is 5.01 Å². The Morgan fingerprint density at radius 3 is 2.68 bits per heavy atom. The van der Waals surface area contributed by atoms with Crippen LogP contribution in [0.3, 0.4) is 0 Å². The highest BCUT2D eigenvalue weighted by molar-refractivity contribution is 7.09. The van der Waals surface area contributed by atoms with Crippen LogP contribution in [0.25, 0.3) is 0 Å². The summed E-state index contributed by atoms with van der Waals surface area (Å²) >= 11 is 1.32. The SMILES string of the molecule is O=C(c1csc(Cc2cccc(F)c2)n1)N1CCC(O)(C(=O)O)CC1. The number of carbonyl (C=O) groups excluding carboxylic acids is 1. The molecule has 6 nitrogen and oxygen atoms in total. The Labute approximate surface area is 147 Å². The quantitative estimate of drug-likeness (QED) is 0.865. The Kier molecular flexibility index (Phi) is 4.82. The molecule has 1 aromatic carbocycles. The van der Waals surface area contributed by atoms with E-state index in [1.165, 1.54) is 28.4 Å². The third kappa shape index (κ3) is 3.85. The Morgan fingerprint density at radius 2 is 2.04 bits per heavy atom. The molecule has 25 heavy (non-hydrogen) atoms. The monoisotopic (exact) mass is 364 g/mol. The molecule has 1 amide bonds. The predicted octanol–water partition coefficient (Wildman–Crippen LogP) is 1.92. The molecule has 0 spiro atoms. The number of aliphatic carboxylic acids is 1. The molecule has 0 aliphatic carbocycles. The van der Waals surface area contributed by atoms with Gasteiger partial charge in [-0.3, -0.25) is 4.79 Å². The van der Waals surface area contributed by atoms with Crippen LogP contribution in [-0.4, -0.2) is 50.7 Å². The summed E-state index contributed by atoms with van der Waals surface area (Å²) in [4.78, 5) is 29.3. The number of nitrogens with zero attached hydrogens (tertiary/aromatic N) is 2. The van der Waals surface area contributed by atoms with Gasteiger partial charge in [-0.15, -0.1) is 11.3 Å². The van der Waals surface area contributed by atoms with Crippen LogP contribution in [0.15, 0.2) is 29.6 Å². The maximum Gasteiger partial charge on any atom is 0.335 e. The van der Waals surface area contributed by atoms with Crippen LogP contribution in [0.4, 0.5) is 4.39 Å². The average Bonchev–Trinajstić information content (AvgIpc) is 3.03. The fourth-order valence-corrected chi connectivity index (χ4v) is 3.57. The first-order chi connectivity index (χ1) is 11.9. The standard InChI is InChI=1S/C17H17FN2O4S/c18-12-3-1-2-11(8-12)9-14-19-13(10-25-14)15(21)20-6-4-17(24,5-7-20)16(22)23/h1-3,8,10,24H,4-7,9H2,(H,22,23). The van der Waals surface area contributed by atoms with Crippen LogP contribution < -0.4 is 0 Å². The highest BCUT2D eigenvalue weighted by atomic mass is 32.1. The van der Waals surface area contributed by atoms with E-state index in [0.717, 1.165) is 5.56 Å². The molecule has 2 heterocycles. The highest BCUT2D eigenvalue weighted by Crippen LogP contribution is 2.24. The van der Waals surface area contributed by atoms with Crippen LogP contribution >= 0.6 is 11.3 Å². The summed E-state index contributed by atoms with van der Waals surface area (Å²) < 4.78 is 13.2. The molecule has 1 saturated heterocycles. The lowest BCUT2D eigenvalue weighted by Crippen LogP contribution is -2.50. The van der Waals surface area contributed by atoms with E-state index >= 15 is 0 Å². The van der Waals surface area contributed by atoms with Crippen molar-refractivity contribution in [2.75, 3.05) is 13.1 Å². The third-order valence-electron chi connectivity index (χ3n) is 4.29. The van der Waals surface area contributed by atoms with Gasteiger partial charge in [0, 0.05) is 37.7 Å². The number of likely N-dealkylation sites (tertiary alicyclic amines) is 1. The number of thiazole rings is 1. The van der Waals surface area contributed by atoms with E-state index in [1.54, 1.807) is 17.5 Å². The minimum Gasteiger partial charge on any atom is -0.479 e. The molecule has 1 aliphatic heterocycles. The van der Waals surface area contributed by atoms with Crippen molar-refractivity contribution in [2.24, 2.45) is 0 Å². The van der Waals surface area contributed by atoms with E-state index in [4.69, 9.17) is 5.11 Å². The zero-order valence-corrected chi connectivity index (χ0v) is 14.1. The molecule has 2 aromatic rings. The lowest BCUT2D eigenvalue weighted by atomic mass is 9.91. The van der Waals surface area contributed by atoms with Gasteiger partial charge in [-0.1, -0.05) is 12.1 Å². The van der Waals surface area contributed by atoms with Gasteiger partial charge in [0.2, 0.25) is 0 Å². The molecule has 8 heteroatoms. The van der Waals surface area contributed by atoms with Crippen molar-refractivity contribution in [3.05, 3.63) is 51.7 Å². The summed E-state index contributed by atoms with van der Waals surface area (Å²) in [5.41, 5.74) is -0.698. The second-order valence-electron chi connectivity index (χ2n) is 6.06. The fourth-order valence-electron chi connectivity index (χ4n) is 2.77. The zero-order chi connectivity index (χ0) is 18.0. The molecule has 0 bridgehead atoms. The van der Waals surface area contributed by atoms with E-state index in [2.05, 4.69) is 4.98 Å². The fraction of sp³-hybridized carbons (Fsp3) is 0.353. The number of hydrogen-bond acceptors (Lipinski definition) is 5. The molecule has 0 atom stereocenters. The molecule has 132 valence electrons. The van der Waals surface area contributed by atoms with Crippen molar-refractivity contribution in [3.63, 3.8) is 0 Å². The van der Waals surface area contributed by atoms with Crippen LogP contribution in [0.2, 0.25) is 0 Å². The van der Waals surface area contributed by atoms with Crippen LogP contribution in [-0.2, 0) is 11.2 Å². The van der Waals surface area contributed by atoms with Gasteiger partial charge in [-0.2, -0.15) is 0 Å². The number of carboxylic acids is 1. The van der Waals surface area contributed by atoms with Crippen LogP contribution in [0.1, 0.15) is 33.9 Å². The largest absolute Gasteiger partial charge is 0.479 e. The summed E-state index contributed by atoms with van der Waals surface area (Å²) in [6, 6.07) is 6.22. The molecule has 2 N–H and O–H groups in total. The Morgan fingerprint density at radius 1 is 1.32 bits per heavy atom. The van der Waals surface area contributed by atoms with Gasteiger partial charge in [0.25, 0.3) is 5.91 Å². The molecule has 0 unspecified atom stereocenters. The smallest absolute Gasteiger partial charge is 0.335 e. The third-order valence-corrected chi connectivity index (χ3v) is 5.14. The van der Waals surface area contributed by atoms with Crippen LogP contribution in [0, 0.1) is 5.82 Å². The summed E-state index contributed by atoms with van der Waals surface area (Å²) in [7, 11) is 0. The maximum absolute atomic E-state index is 13.2. The number of benzene rings is 1. The number of rotatable bonds is 4. The molecule has 1 fully saturated rings. The van der Waals surface area contributed by atoms with Crippen molar-refractivity contribution in [1.29, 1.82) is 0 Å². The number of carbonyl (C=O) groups is 2. The van der Waals surface area contributed by atoms with Gasteiger partial charge >= 0.3 is 5.97 Å². The summed E-state index contributed by atoms with van der Waals surface area (Å²) in [5.74, 6) is -1.86. The number of amides is 1. The molecule has 0 radical (unpaired) electrons. The van der Waals surface area contributed by atoms with Crippen molar-refractivity contribution in [1.82, 2.24) is 9.88 Å². The minimum atomic E-state index is -1.76. The normalized spacial score (nSPS) is 16.6. The van der Waals surface area contributed by atoms with Crippen molar-refractivity contribution >= 4 is 23.2 Å². The van der Waals surface area contributed by atoms with Gasteiger partial charge < -0.3 is 15.1 Å². The number of hydrogen-bond donors (Lipinski definition) is 2. The Balaban J connectivity index is 1.64. The van der Waals surface area contributed by atoms with Crippen molar-refractivity contribution < 1.29 is 24.2 Å². The highest BCUT2D eigenvalue weighted by Gasteiger charge is 2.40. The predicted molar refractivity (Wildman–Crippen MR) is 89.0 cm³/mol. The number of halogens is 1. The van der Waals surface area contributed by atoms with Gasteiger partial charge in [-0.05, 0) is 17.7 Å². The first kappa shape index (κ1) is 17.5. The first-order valence-electron chi connectivity index (χ1n) is 7.81. The zero-order valence-electron chi connectivity index (χ0n) is 13.3. The average molecular weight is 364 g/mol. The molecular formula is C17H17FN2O4S. The summed E-state index contributed by atoms with van der Waals surface area (Å²) in [6.45, 7) is 0.330. The van der Waals surface area contributed by atoms with E-state index in [0.29, 0.717) is 11.4 Å². The van der Waals surface area contributed by atoms with E-state index in [-0.39, 0.29) is 43.3 Å². The number of piperidine rings is 1. The van der Waals surface area contributed by atoms with E-state index in [9.17, 15) is 19.1 Å². The van der Waals surface area contributed by atoms with Crippen LogP contribution in [0.5, 0.6) is 0 Å². The van der Waals surface area contributed by atoms with E-state index < -0.39 is 11.6 Å². The van der Waals surface area contributed by atoms with Gasteiger partial charge in [0.1, 0.15) is 11.5 Å². The molecule has 1 aromatic heterocycles. The molecular weight excluding hydrogens is 347 g/mol. The second kappa shape index (κ2) is 6.89. The Hall–Kier alpha value is -2.32. The lowest BCUT2D eigenvalue weighted by molar-refractivity contribution is -0.162. The van der Waals surface area contributed by atoms with Crippen molar-refractivity contribution in [2.45, 2.75) is 24.9 Å².